The normalized spacial score (nSPS) is 10.0. The number of halogens is 1. The zero-order chi connectivity index (χ0) is 11.4. The summed E-state index contributed by atoms with van der Waals surface area (Å²) in [5.74, 6) is -1.03. The summed E-state index contributed by atoms with van der Waals surface area (Å²) < 4.78 is 17.8. The van der Waals surface area contributed by atoms with Gasteiger partial charge in [0.15, 0.2) is 0 Å². The van der Waals surface area contributed by atoms with Gasteiger partial charge in [-0.3, -0.25) is 4.79 Å². The number of nitrogen functional groups attached to an aromatic ring is 2. The smallest absolute Gasteiger partial charge is 0.310 e. The molecule has 0 atom stereocenters. The lowest BCUT2D eigenvalue weighted by Gasteiger charge is -2.06. The maximum absolute atomic E-state index is 13.1. The fraction of sp³-hybridized carbons (Fsp3) is 0.300. The minimum absolute atomic E-state index is 0.00472. The zero-order valence-corrected chi connectivity index (χ0v) is 8.42. The van der Waals surface area contributed by atoms with Crippen molar-refractivity contribution >= 4 is 17.3 Å². The third-order valence-corrected chi connectivity index (χ3v) is 1.88. The van der Waals surface area contributed by atoms with E-state index >= 15 is 0 Å². The third kappa shape index (κ3) is 2.83. The molecule has 0 aromatic heterocycles. The first-order valence-corrected chi connectivity index (χ1v) is 4.53. The van der Waals surface area contributed by atoms with Crippen LogP contribution < -0.4 is 11.5 Å². The zero-order valence-electron chi connectivity index (χ0n) is 8.42. The summed E-state index contributed by atoms with van der Waals surface area (Å²) in [4.78, 5) is 11.1. The van der Waals surface area contributed by atoms with Crippen molar-refractivity contribution in [2.24, 2.45) is 0 Å². The molecular weight excluding hydrogens is 199 g/mol. The van der Waals surface area contributed by atoms with Gasteiger partial charge in [0.25, 0.3) is 0 Å². The fourth-order valence-electron chi connectivity index (χ4n) is 1.18. The van der Waals surface area contributed by atoms with Crippen LogP contribution in [0.15, 0.2) is 12.1 Å². The van der Waals surface area contributed by atoms with Gasteiger partial charge in [-0.2, -0.15) is 0 Å². The van der Waals surface area contributed by atoms with Crippen LogP contribution in [0.4, 0.5) is 15.8 Å². The van der Waals surface area contributed by atoms with Crippen LogP contribution in [0.5, 0.6) is 0 Å². The van der Waals surface area contributed by atoms with E-state index < -0.39 is 11.8 Å². The summed E-state index contributed by atoms with van der Waals surface area (Å²) in [5.41, 5.74) is 11.3. The molecule has 4 nitrogen and oxygen atoms in total. The van der Waals surface area contributed by atoms with E-state index in [1.807, 2.05) is 0 Å². The van der Waals surface area contributed by atoms with E-state index in [2.05, 4.69) is 0 Å². The molecule has 0 saturated carbocycles. The van der Waals surface area contributed by atoms with Gasteiger partial charge in [0.2, 0.25) is 0 Å². The molecular formula is C10H13FN2O2. The Morgan fingerprint density at radius 3 is 2.67 bits per heavy atom. The molecule has 4 N–H and O–H groups in total. The number of rotatable bonds is 3. The van der Waals surface area contributed by atoms with Crippen LogP contribution >= 0.6 is 0 Å². The van der Waals surface area contributed by atoms with Crippen LogP contribution in [0.1, 0.15) is 12.5 Å². The van der Waals surface area contributed by atoms with E-state index in [9.17, 15) is 9.18 Å². The SMILES string of the molecule is CCOC(=O)Cc1cc(N)c(N)c(F)c1. The van der Waals surface area contributed by atoms with Gasteiger partial charge >= 0.3 is 5.97 Å². The number of hydrogen-bond acceptors (Lipinski definition) is 4. The molecule has 82 valence electrons. The molecule has 0 aliphatic heterocycles. The molecule has 15 heavy (non-hydrogen) atoms. The maximum Gasteiger partial charge on any atom is 0.310 e. The van der Waals surface area contributed by atoms with E-state index in [0.29, 0.717) is 12.2 Å². The monoisotopic (exact) mass is 212 g/mol. The average Bonchev–Trinajstić information content (AvgIpc) is 2.14. The van der Waals surface area contributed by atoms with Crippen molar-refractivity contribution in [3.8, 4) is 0 Å². The van der Waals surface area contributed by atoms with Gasteiger partial charge < -0.3 is 16.2 Å². The molecule has 0 unspecified atom stereocenters. The summed E-state index contributed by atoms with van der Waals surface area (Å²) in [6.07, 6.45) is -0.00472. The lowest BCUT2D eigenvalue weighted by atomic mass is 10.1. The van der Waals surface area contributed by atoms with E-state index in [4.69, 9.17) is 16.2 Å². The molecule has 0 heterocycles. The van der Waals surface area contributed by atoms with Crippen molar-refractivity contribution < 1.29 is 13.9 Å². The number of benzene rings is 1. The van der Waals surface area contributed by atoms with Gasteiger partial charge in [0.05, 0.1) is 24.4 Å². The Hall–Kier alpha value is -1.78. The van der Waals surface area contributed by atoms with Crippen LogP contribution in [0.2, 0.25) is 0 Å². The number of hydrogen-bond donors (Lipinski definition) is 2. The summed E-state index contributed by atoms with van der Waals surface area (Å²) in [5, 5.41) is 0. The molecule has 5 heteroatoms. The van der Waals surface area contributed by atoms with Crippen molar-refractivity contribution in [3.05, 3.63) is 23.5 Å². The van der Waals surface area contributed by atoms with Gasteiger partial charge in [0.1, 0.15) is 5.82 Å². The quantitative estimate of drug-likeness (QED) is 0.580. The minimum Gasteiger partial charge on any atom is -0.466 e. The summed E-state index contributed by atoms with van der Waals surface area (Å²) in [6.45, 7) is 2.00. The Bertz CT molecular complexity index is 357. The summed E-state index contributed by atoms with van der Waals surface area (Å²) in [7, 11) is 0. The van der Waals surface area contributed by atoms with Gasteiger partial charge in [-0.25, -0.2) is 4.39 Å². The first-order valence-electron chi connectivity index (χ1n) is 4.53. The molecule has 0 aliphatic rings. The van der Waals surface area contributed by atoms with Crippen molar-refractivity contribution in [3.63, 3.8) is 0 Å². The number of carbonyl (C=O) groups is 1. The lowest BCUT2D eigenvalue weighted by molar-refractivity contribution is -0.142. The van der Waals surface area contributed by atoms with E-state index in [-0.39, 0.29) is 17.8 Å². The predicted molar refractivity (Wildman–Crippen MR) is 55.6 cm³/mol. The van der Waals surface area contributed by atoms with E-state index in [1.54, 1.807) is 6.92 Å². The highest BCUT2D eigenvalue weighted by atomic mass is 19.1. The molecule has 1 aromatic carbocycles. The Kier molecular flexibility index (Phi) is 3.49. The number of esters is 1. The molecule has 1 aromatic rings. The standard InChI is InChI=1S/C10H13FN2O2/c1-2-15-9(14)5-6-3-7(11)10(13)8(12)4-6/h3-4H,2,5,12-13H2,1H3. The van der Waals surface area contributed by atoms with Crippen molar-refractivity contribution in [1.29, 1.82) is 0 Å². The number of nitrogens with two attached hydrogens (primary N) is 2. The van der Waals surface area contributed by atoms with Gasteiger partial charge in [-0.05, 0) is 24.6 Å². The largest absolute Gasteiger partial charge is 0.466 e. The molecule has 0 bridgehead atoms. The first kappa shape index (κ1) is 11.3. The Morgan fingerprint density at radius 2 is 2.13 bits per heavy atom. The highest BCUT2D eigenvalue weighted by Gasteiger charge is 2.09. The van der Waals surface area contributed by atoms with Crippen LogP contribution in [0.25, 0.3) is 0 Å². The first-order chi connectivity index (χ1) is 7.04. The Morgan fingerprint density at radius 1 is 1.47 bits per heavy atom. The predicted octanol–water partition coefficient (Wildman–Crippen LogP) is 1.10. The average molecular weight is 212 g/mol. The molecule has 0 saturated heterocycles. The Balaban J connectivity index is 2.83. The highest BCUT2D eigenvalue weighted by Crippen LogP contribution is 2.21. The third-order valence-electron chi connectivity index (χ3n) is 1.88. The molecule has 0 fully saturated rings. The second-order valence-corrected chi connectivity index (χ2v) is 3.06. The molecule has 0 aliphatic carbocycles. The second-order valence-electron chi connectivity index (χ2n) is 3.06. The lowest BCUT2D eigenvalue weighted by Crippen LogP contribution is -2.09. The Labute approximate surface area is 87.0 Å². The van der Waals surface area contributed by atoms with Crippen LogP contribution in [-0.2, 0) is 16.0 Å². The fourth-order valence-corrected chi connectivity index (χ4v) is 1.18. The van der Waals surface area contributed by atoms with Crippen molar-refractivity contribution in [2.45, 2.75) is 13.3 Å². The summed E-state index contributed by atoms with van der Waals surface area (Å²) >= 11 is 0. The van der Waals surface area contributed by atoms with Gasteiger partial charge in [0, 0.05) is 0 Å². The minimum atomic E-state index is -0.616. The molecule has 1 rings (SSSR count). The van der Waals surface area contributed by atoms with Crippen LogP contribution in [0.3, 0.4) is 0 Å². The molecule has 0 radical (unpaired) electrons. The van der Waals surface area contributed by atoms with E-state index in [1.165, 1.54) is 12.1 Å². The number of anilines is 2. The van der Waals surface area contributed by atoms with Crippen molar-refractivity contribution in [2.75, 3.05) is 18.1 Å². The van der Waals surface area contributed by atoms with Crippen LogP contribution in [0, 0.1) is 5.82 Å². The summed E-state index contributed by atoms with van der Waals surface area (Å²) in [6, 6.07) is 2.65. The molecule has 0 spiro atoms. The maximum atomic E-state index is 13.1. The highest BCUT2D eigenvalue weighted by molar-refractivity contribution is 5.74. The second kappa shape index (κ2) is 4.63. The number of ether oxygens (including phenoxy) is 1. The van der Waals surface area contributed by atoms with Crippen molar-refractivity contribution in [1.82, 2.24) is 0 Å². The molecule has 0 amide bonds. The van der Waals surface area contributed by atoms with E-state index in [0.717, 1.165) is 0 Å². The van der Waals surface area contributed by atoms with Gasteiger partial charge in [-0.1, -0.05) is 0 Å². The van der Waals surface area contributed by atoms with Crippen LogP contribution in [-0.4, -0.2) is 12.6 Å². The number of carbonyl (C=O) groups excluding carboxylic acids is 1. The topological polar surface area (TPSA) is 78.3 Å². The van der Waals surface area contributed by atoms with Gasteiger partial charge in [-0.15, -0.1) is 0 Å².